The molecule has 0 radical (unpaired) electrons. The van der Waals surface area contributed by atoms with Crippen LogP contribution >= 0.6 is 11.6 Å². The molecule has 0 amide bonds. The monoisotopic (exact) mass is 262 g/mol. The van der Waals surface area contributed by atoms with Gasteiger partial charge in [0.05, 0.1) is 5.52 Å². The van der Waals surface area contributed by atoms with E-state index in [9.17, 15) is 0 Å². The van der Waals surface area contributed by atoms with Crippen molar-refractivity contribution in [3.63, 3.8) is 0 Å². The molecule has 18 heavy (non-hydrogen) atoms. The van der Waals surface area contributed by atoms with Gasteiger partial charge >= 0.3 is 0 Å². The second kappa shape index (κ2) is 6.17. The van der Waals surface area contributed by atoms with E-state index in [1.54, 1.807) is 0 Å². The van der Waals surface area contributed by atoms with Crippen molar-refractivity contribution >= 4 is 22.5 Å². The molecule has 96 valence electrons. The molecule has 2 aromatic rings. The average Bonchev–Trinajstić information content (AvgIpc) is 2.36. The number of pyridine rings is 1. The summed E-state index contributed by atoms with van der Waals surface area (Å²) in [6, 6.07) is 8.49. The molecule has 1 aromatic heterocycles. The molecule has 0 spiro atoms. The Hall–Kier alpha value is -1.12. The summed E-state index contributed by atoms with van der Waals surface area (Å²) in [5.74, 6) is 0. The molecule has 0 fully saturated rings. The molecular formula is C15H19ClN2. The number of aromatic nitrogens is 1. The van der Waals surface area contributed by atoms with Gasteiger partial charge in [0, 0.05) is 22.6 Å². The van der Waals surface area contributed by atoms with E-state index in [1.165, 1.54) is 10.9 Å². The van der Waals surface area contributed by atoms with E-state index in [2.05, 4.69) is 36.3 Å². The van der Waals surface area contributed by atoms with Gasteiger partial charge < -0.3 is 5.32 Å². The van der Waals surface area contributed by atoms with Crippen LogP contribution in [0.5, 0.6) is 0 Å². The molecule has 1 aromatic carbocycles. The van der Waals surface area contributed by atoms with Gasteiger partial charge in [0.1, 0.15) is 0 Å². The lowest BCUT2D eigenvalue weighted by atomic mass is 10.0. The Bertz CT molecular complexity index is 525. The maximum atomic E-state index is 5.99. The SMILES string of the molecule is CCCNC(C)Cc1ccnc2cc(Cl)ccc12. The first kappa shape index (κ1) is 13.3. The van der Waals surface area contributed by atoms with Crippen LogP contribution in [0.1, 0.15) is 25.8 Å². The Kier molecular flexibility index (Phi) is 4.56. The number of nitrogens with zero attached hydrogens (tertiary/aromatic N) is 1. The largest absolute Gasteiger partial charge is 0.314 e. The summed E-state index contributed by atoms with van der Waals surface area (Å²) in [4.78, 5) is 4.37. The fourth-order valence-corrected chi connectivity index (χ4v) is 2.32. The molecule has 0 aliphatic carbocycles. The van der Waals surface area contributed by atoms with Crippen molar-refractivity contribution in [1.29, 1.82) is 0 Å². The van der Waals surface area contributed by atoms with Crippen LogP contribution in [0.4, 0.5) is 0 Å². The molecule has 1 unspecified atom stereocenters. The summed E-state index contributed by atoms with van der Waals surface area (Å²) >= 11 is 5.99. The highest BCUT2D eigenvalue weighted by molar-refractivity contribution is 6.31. The lowest BCUT2D eigenvalue weighted by molar-refractivity contribution is 0.545. The van der Waals surface area contributed by atoms with E-state index in [-0.39, 0.29) is 0 Å². The molecule has 0 aliphatic heterocycles. The fraction of sp³-hybridized carbons (Fsp3) is 0.400. The first-order valence-electron chi connectivity index (χ1n) is 6.47. The standard InChI is InChI=1S/C15H19ClN2/c1-3-7-17-11(2)9-12-6-8-18-15-10-13(16)4-5-14(12)15/h4-6,8,10-11,17H,3,7,9H2,1-2H3. The van der Waals surface area contributed by atoms with Crippen molar-refractivity contribution in [1.82, 2.24) is 10.3 Å². The number of halogens is 1. The van der Waals surface area contributed by atoms with Gasteiger partial charge in [-0.25, -0.2) is 0 Å². The van der Waals surface area contributed by atoms with Gasteiger partial charge in [0.2, 0.25) is 0 Å². The molecule has 0 saturated carbocycles. The first-order valence-corrected chi connectivity index (χ1v) is 6.85. The van der Waals surface area contributed by atoms with Crippen molar-refractivity contribution in [2.75, 3.05) is 6.54 Å². The van der Waals surface area contributed by atoms with E-state index in [0.29, 0.717) is 6.04 Å². The Morgan fingerprint density at radius 2 is 2.17 bits per heavy atom. The third-order valence-corrected chi connectivity index (χ3v) is 3.30. The van der Waals surface area contributed by atoms with Crippen LogP contribution in [0.3, 0.4) is 0 Å². The van der Waals surface area contributed by atoms with E-state index in [1.807, 2.05) is 18.3 Å². The molecule has 0 bridgehead atoms. The van der Waals surface area contributed by atoms with Crippen LogP contribution in [0.25, 0.3) is 10.9 Å². The smallest absolute Gasteiger partial charge is 0.0719 e. The second-order valence-electron chi connectivity index (χ2n) is 4.69. The van der Waals surface area contributed by atoms with Gasteiger partial charge in [-0.05, 0) is 50.1 Å². The summed E-state index contributed by atoms with van der Waals surface area (Å²) < 4.78 is 0. The molecule has 2 rings (SSSR count). The van der Waals surface area contributed by atoms with Gasteiger partial charge in [-0.15, -0.1) is 0 Å². The second-order valence-corrected chi connectivity index (χ2v) is 5.13. The quantitative estimate of drug-likeness (QED) is 0.886. The molecule has 3 heteroatoms. The summed E-state index contributed by atoms with van der Waals surface area (Å²) in [6.45, 7) is 5.47. The normalized spacial score (nSPS) is 12.8. The predicted molar refractivity (Wildman–Crippen MR) is 78.2 cm³/mol. The Morgan fingerprint density at radius 3 is 2.94 bits per heavy atom. The summed E-state index contributed by atoms with van der Waals surface area (Å²) in [5, 5.41) is 5.45. The topological polar surface area (TPSA) is 24.9 Å². The van der Waals surface area contributed by atoms with Gasteiger partial charge in [0.15, 0.2) is 0 Å². The minimum absolute atomic E-state index is 0.478. The third-order valence-electron chi connectivity index (χ3n) is 3.06. The van der Waals surface area contributed by atoms with Crippen molar-refractivity contribution in [2.45, 2.75) is 32.7 Å². The first-order chi connectivity index (χ1) is 8.70. The predicted octanol–water partition coefficient (Wildman–Crippen LogP) is 3.82. The zero-order valence-electron chi connectivity index (χ0n) is 10.9. The van der Waals surface area contributed by atoms with Gasteiger partial charge in [-0.3, -0.25) is 4.98 Å². The van der Waals surface area contributed by atoms with Crippen molar-refractivity contribution in [2.24, 2.45) is 0 Å². The van der Waals surface area contributed by atoms with Gasteiger partial charge in [-0.1, -0.05) is 24.6 Å². The molecule has 0 saturated heterocycles. The molecular weight excluding hydrogens is 244 g/mol. The average molecular weight is 263 g/mol. The van der Waals surface area contributed by atoms with E-state index < -0.39 is 0 Å². The van der Waals surface area contributed by atoms with Crippen LogP contribution in [0, 0.1) is 0 Å². The van der Waals surface area contributed by atoms with Crippen molar-refractivity contribution in [3.8, 4) is 0 Å². The number of fused-ring (bicyclic) bond motifs is 1. The van der Waals surface area contributed by atoms with E-state index in [4.69, 9.17) is 11.6 Å². The maximum Gasteiger partial charge on any atom is 0.0719 e. The number of benzene rings is 1. The molecule has 1 atom stereocenters. The van der Waals surface area contributed by atoms with E-state index in [0.717, 1.165) is 29.9 Å². The number of hydrogen-bond donors (Lipinski definition) is 1. The highest BCUT2D eigenvalue weighted by Crippen LogP contribution is 2.21. The summed E-state index contributed by atoms with van der Waals surface area (Å²) in [7, 11) is 0. The highest BCUT2D eigenvalue weighted by Gasteiger charge is 2.07. The highest BCUT2D eigenvalue weighted by atomic mass is 35.5. The van der Waals surface area contributed by atoms with Crippen LogP contribution in [-0.4, -0.2) is 17.6 Å². The lowest BCUT2D eigenvalue weighted by Crippen LogP contribution is -2.28. The van der Waals surface area contributed by atoms with E-state index >= 15 is 0 Å². The fourth-order valence-electron chi connectivity index (χ4n) is 2.15. The van der Waals surface area contributed by atoms with Crippen molar-refractivity contribution < 1.29 is 0 Å². The minimum atomic E-state index is 0.478. The molecule has 0 aliphatic rings. The zero-order chi connectivity index (χ0) is 13.0. The van der Waals surface area contributed by atoms with Crippen LogP contribution in [-0.2, 0) is 6.42 Å². The van der Waals surface area contributed by atoms with Gasteiger partial charge in [-0.2, -0.15) is 0 Å². The number of hydrogen-bond acceptors (Lipinski definition) is 2. The van der Waals surface area contributed by atoms with Crippen LogP contribution in [0.2, 0.25) is 5.02 Å². The van der Waals surface area contributed by atoms with Gasteiger partial charge in [0.25, 0.3) is 0 Å². The van der Waals surface area contributed by atoms with Crippen LogP contribution in [0.15, 0.2) is 30.5 Å². The Morgan fingerprint density at radius 1 is 1.33 bits per heavy atom. The Labute approximate surface area is 113 Å². The minimum Gasteiger partial charge on any atom is -0.314 e. The molecule has 2 nitrogen and oxygen atoms in total. The summed E-state index contributed by atoms with van der Waals surface area (Å²) in [5.41, 5.74) is 2.30. The lowest BCUT2D eigenvalue weighted by Gasteiger charge is -2.14. The number of nitrogens with one attached hydrogen (secondary N) is 1. The van der Waals surface area contributed by atoms with Crippen LogP contribution < -0.4 is 5.32 Å². The number of rotatable bonds is 5. The summed E-state index contributed by atoms with van der Waals surface area (Å²) in [6.07, 6.45) is 4.04. The Balaban J connectivity index is 2.22. The molecule has 1 heterocycles. The third kappa shape index (κ3) is 3.21. The van der Waals surface area contributed by atoms with Crippen molar-refractivity contribution in [3.05, 3.63) is 41.0 Å². The maximum absolute atomic E-state index is 5.99. The zero-order valence-corrected chi connectivity index (χ0v) is 11.7. The molecule has 1 N–H and O–H groups in total.